The van der Waals surface area contributed by atoms with Crippen molar-refractivity contribution < 1.29 is 9.15 Å². The van der Waals surface area contributed by atoms with Crippen molar-refractivity contribution >= 4 is 16.8 Å². The molecule has 0 spiro atoms. The van der Waals surface area contributed by atoms with Crippen LogP contribution >= 0.6 is 0 Å². The van der Waals surface area contributed by atoms with Crippen LogP contribution in [0.3, 0.4) is 0 Å². The fraction of sp³-hybridized carbons (Fsp3) is 0.462. The van der Waals surface area contributed by atoms with Gasteiger partial charge in [-0.05, 0) is 12.1 Å². The fourth-order valence-corrected chi connectivity index (χ4v) is 2.72. The number of aromatic nitrogens is 1. The maximum Gasteiger partial charge on any atom is 0.225 e. The highest BCUT2D eigenvalue weighted by atomic mass is 16.5. The normalized spacial score (nSPS) is 27.7. The average Bonchev–Trinajstić information content (AvgIpc) is 2.66. The van der Waals surface area contributed by atoms with E-state index in [2.05, 4.69) is 21.3 Å². The molecule has 0 saturated carbocycles. The Morgan fingerprint density at radius 1 is 1.39 bits per heavy atom. The van der Waals surface area contributed by atoms with Crippen molar-refractivity contribution in [2.75, 3.05) is 31.1 Å². The minimum absolute atomic E-state index is 0.281. The second-order valence-electron chi connectivity index (χ2n) is 4.97. The van der Waals surface area contributed by atoms with E-state index in [-0.39, 0.29) is 6.10 Å². The maximum absolute atomic E-state index is 5.78. The number of hydrogen-bond donors (Lipinski definition) is 1. The van der Waals surface area contributed by atoms with E-state index in [1.807, 2.05) is 12.3 Å². The van der Waals surface area contributed by atoms with Crippen LogP contribution in [0.4, 0.5) is 5.69 Å². The Morgan fingerprint density at radius 3 is 3.28 bits per heavy atom. The van der Waals surface area contributed by atoms with Gasteiger partial charge in [0.25, 0.3) is 0 Å². The van der Waals surface area contributed by atoms with Crippen LogP contribution in [-0.2, 0) is 4.74 Å². The molecule has 5 heterocycles. The van der Waals surface area contributed by atoms with Crippen molar-refractivity contribution in [3.8, 4) is 0 Å². The zero-order valence-corrected chi connectivity index (χ0v) is 10.0. The predicted octanol–water partition coefficient (Wildman–Crippen LogP) is 1.00. The zero-order chi connectivity index (χ0) is 11.9. The van der Waals surface area contributed by atoms with E-state index in [1.165, 1.54) is 0 Å². The van der Waals surface area contributed by atoms with Crippen molar-refractivity contribution in [3.05, 3.63) is 24.6 Å². The Morgan fingerprint density at radius 2 is 2.39 bits per heavy atom. The first-order chi connectivity index (χ1) is 8.88. The van der Waals surface area contributed by atoms with Gasteiger partial charge in [-0.1, -0.05) is 0 Å². The molecule has 3 aliphatic rings. The van der Waals surface area contributed by atoms with Gasteiger partial charge >= 0.3 is 0 Å². The van der Waals surface area contributed by atoms with E-state index < -0.39 is 0 Å². The quantitative estimate of drug-likeness (QED) is 0.812. The molecule has 94 valence electrons. The van der Waals surface area contributed by atoms with Gasteiger partial charge in [0.05, 0.1) is 30.9 Å². The standard InChI is InChI=1S/C13H15N3O2/c1-2-17-13-9(1)3-11(4-15-13)16-6-10-8-18-12(7-16)5-14-10/h1-4,10,12,14H,5-8H2. The van der Waals surface area contributed by atoms with Crippen LogP contribution in [0, 0.1) is 0 Å². The molecule has 3 aliphatic heterocycles. The fourth-order valence-electron chi connectivity index (χ4n) is 2.72. The van der Waals surface area contributed by atoms with Crippen molar-refractivity contribution in [1.29, 1.82) is 0 Å². The number of ether oxygens (including phenoxy) is 1. The summed E-state index contributed by atoms with van der Waals surface area (Å²) < 4.78 is 11.1. The molecule has 0 radical (unpaired) electrons. The van der Waals surface area contributed by atoms with Gasteiger partial charge in [-0.25, -0.2) is 4.98 Å². The number of anilines is 1. The lowest BCUT2D eigenvalue weighted by Gasteiger charge is -2.23. The molecule has 18 heavy (non-hydrogen) atoms. The number of fused-ring (bicyclic) bond motifs is 5. The van der Waals surface area contributed by atoms with Gasteiger partial charge in [0.1, 0.15) is 0 Å². The third kappa shape index (κ3) is 1.67. The smallest absolute Gasteiger partial charge is 0.225 e. The molecule has 0 amide bonds. The SMILES string of the molecule is c1cc2cc(N3CC4COC(CN4)C3)cnc2o1. The largest absolute Gasteiger partial charge is 0.446 e. The van der Waals surface area contributed by atoms with Crippen LogP contribution in [0.25, 0.3) is 11.1 Å². The van der Waals surface area contributed by atoms with Gasteiger partial charge in [-0.2, -0.15) is 0 Å². The van der Waals surface area contributed by atoms with E-state index in [4.69, 9.17) is 9.15 Å². The molecule has 3 saturated heterocycles. The number of rotatable bonds is 1. The highest BCUT2D eigenvalue weighted by Crippen LogP contribution is 2.23. The zero-order valence-electron chi connectivity index (χ0n) is 10.0. The predicted molar refractivity (Wildman–Crippen MR) is 67.8 cm³/mol. The Balaban J connectivity index is 1.68. The van der Waals surface area contributed by atoms with Crippen LogP contribution in [0.2, 0.25) is 0 Å². The average molecular weight is 245 g/mol. The topological polar surface area (TPSA) is 50.5 Å². The highest BCUT2D eigenvalue weighted by Gasteiger charge is 2.29. The molecule has 2 aromatic heterocycles. The number of morpholine rings is 1. The molecule has 2 unspecified atom stereocenters. The highest BCUT2D eigenvalue weighted by molar-refractivity contribution is 5.77. The summed E-state index contributed by atoms with van der Waals surface area (Å²) in [6.07, 6.45) is 3.85. The van der Waals surface area contributed by atoms with E-state index in [9.17, 15) is 0 Å². The first kappa shape index (κ1) is 10.3. The summed E-state index contributed by atoms with van der Waals surface area (Å²) in [6, 6.07) is 4.51. The molecule has 1 N–H and O–H groups in total. The molecule has 3 fully saturated rings. The van der Waals surface area contributed by atoms with E-state index in [0.29, 0.717) is 11.8 Å². The number of furan rings is 1. The van der Waals surface area contributed by atoms with Gasteiger partial charge in [0, 0.05) is 31.1 Å². The minimum atomic E-state index is 0.281. The summed E-state index contributed by atoms with van der Waals surface area (Å²) in [6.45, 7) is 3.65. The van der Waals surface area contributed by atoms with Crippen LogP contribution in [0.1, 0.15) is 0 Å². The van der Waals surface area contributed by atoms with E-state index in [1.54, 1.807) is 6.26 Å². The first-order valence-electron chi connectivity index (χ1n) is 6.32. The monoisotopic (exact) mass is 245 g/mol. The Kier molecular flexibility index (Phi) is 2.28. The molecular weight excluding hydrogens is 230 g/mol. The third-order valence-electron chi connectivity index (χ3n) is 3.69. The molecule has 2 atom stereocenters. The molecule has 5 heteroatoms. The third-order valence-corrected chi connectivity index (χ3v) is 3.69. The van der Waals surface area contributed by atoms with Gasteiger partial charge < -0.3 is 19.4 Å². The van der Waals surface area contributed by atoms with Crippen molar-refractivity contribution in [1.82, 2.24) is 10.3 Å². The molecule has 0 aliphatic carbocycles. The molecule has 5 rings (SSSR count). The number of pyridine rings is 1. The van der Waals surface area contributed by atoms with Gasteiger partial charge in [0.2, 0.25) is 5.71 Å². The van der Waals surface area contributed by atoms with Crippen molar-refractivity contribution in [2.24, 2.45) is 0 Å². The lowest BCUT2D eigenvalue weighted by Crippen LogP contribution is -2.45. The van der Waals surface area contributed by atoms with Gasteiger partial charge in [-0.3, -0.25) is 0 Å². The van der Waals surface area contributed by atoms with Crippen LogP contribution in [0.15, 0.2) is 29.0 Å². The van der Waals surface area contributed by atoms with Gasteiger partial charge in [-0.15, -0.1) is 0 Å². The summed E-state index contributed by atoms with van der Waals surface area (Å²) in [7, 11) is 0. The lowest BCUT2D eigenvalue weighted by atomic mass is 10.2. The molecule has 2 bridgehead atoms. The number of nitrogens with one attached hydrogen (secondary N) is 1. The minimum Gasteiger partial charge on any atom is -0.446 e. The Labute approximate surface area is 105 Å². The van der Waals surface area contributed by atoms with Crippen LogP contribution < -0.4 is 10.2 Å². The summed E-state index contributed by atoms with van der Waals surface area (Å²) in [5.41, 5.74) is 1.85. The first-order valence-corrected chi connectivity index (χ1v) is 6.32. The van der Waals surface area contributed by atoms with Crippen LogP contribution in [0.5, 0.6) is 0 Å². The molecule has 2 aromatic rings. The summed E-state index contributed by atoms with van der Waals surface area (Å²) >= 11 is 0. The molecule has 0 aromatic carbocycles. The second-order valence-corrected chi connectivity index (χ2v) is 4.97. The van der Waals surface area contributed by atoms with Crippen molar-refractivity contribution in [3.63, 3.8) is 0 Å². The van der Waals surface area contributed by atoms with E-state index >= 15 is 0 Å². The lowest BCUT2D eigenvalue weighted by molar-refractivity contribution is 0.0259. The summed E-state index contributed by atoms with van der Waals surface area (Å²) in [5.74, 6) is 0. The van der Waals surface area contributed by atoms with E-state index in [0.717, 1.165) is 37.3 Å². The molecule has 5 nitrogen and oxygen atoms in total. The number of hydrogen-bond acceptors (Lipinski definition) is 5. The Bertz CT molecular complexity index is 546. The maximum atomic E-state index is 5.78. The summed E-state index contributed by atoms with van der Waals surface area (Å²) in [5, 5.41) is 4.56. The van der Waals surface area contributed by atoms with Crippen molar-refractivity contribution in [2.45, 2.75) is 12.1 Å². The van der Waals surface area contributed by atoms with Crippen LogP contribution in [-0.4, -0.2) is 43.4 Å². The van der Waals surface area contributed by atoms with Gasteiger partial charge in [0.15, 0.2) is 0 Å². The second kappa shape index (κ2) is 3.96. The summed E-state index contributed by atoms with van der Waals surface area (Å²) in [4.78, 5) is 6.70. The number of nitrogens with zero attached hydrogens (tertiary/aromatic N) is 2. The Hall–Kier alpha value is -1.59. The molecular formula is C13H15N3O2.